The third-order valence-electron chi connectivity index (χ3n) is 6.12. The fourth-order valence-corrected chi connectivity index (χ4v) is 4.57. The topological polar surface area (TPSA) is 21.7 Å². The Morgan fingerprint density at radius 3 is 2.19 bits per heavy atom. The van der Waals surface area contributed by atoms with Gasteiger partial charge in [0.05, 0.1) is 13.2 Å². The Labute approximate surface area is 190 Å². The van der Waals surface area contributed by atoms with Gasteiger partial charge in [0.15, 0.2) is 0 Å². The Hall–Kier alpha value is -2.59. The van der Waals surface area contributed by atoms with Crippen molar-refractivity contribution in [3.63, 3.8) is 0 Å². The summed E-state index contributed by atoms with van der Waals surface area (Å²) in [5.74, 6) is 2.12. The van der Waals surface area contributed by atoms with Crippen LogP contribution in [0.5, 0.6) is 5.75 Å². The van der Waals surface area contributed by atoms with Crippen molar-refractivity contribution in [3.8, 4) is 5.75 Å². The van der Waals surface area contributed by atoms with Gasteiger partial charge in [-0.1, -0.05) is 72.8 Å². The van der Waals surface area contributed by atoms with Gasteiger partial charge >= 0.3 is 0 Å². The van der Waals surface area contributed by atoms with Crippen molar-refractivity contribution in [2.75, 3.05) is 32.8 Å². The van der Waals surface area contributed by atoms with Crippen molar-refractivity contribution in [3.05, 3.63) is 107 Å². The summed E-state index contributed by atoms with van der Waals surface area (Å²) in [6.07, 6.45) is 0. The minimum atomic E-state index is 0. The van der Waals surface area contributed by atoms with Crippen LogP contribution in [0.4, 0.5) is 0 Å². The second kappa shape index (κ2) is 9.69. The standard InChI is InChI=1S/C27H27NO2.ClH/c1-20-9-5-6-12-22(20)26-23-13-7-8-14-25(23)30-27(21-10-3-2-4-11-21)24(26)19-28-15-17-29-18-16-28;/h2-14,26H,15-19H2,1H3;1H/p-1. The van der Waals surface area contributed by atoms with Crippen molar-refractivity contribution in [2.24, 2.45) is 0 Å². The Morgan fingerprint density at radius 2 is 1.45 bits per heavy atom. The molecule has 0 radical (unpaired) electrons. The second-order valence-electron chi connectivity index (χ2n) is 8.04. The predicted molar refractivity (Wildman–Crippen MR) is 121 cm³/mol. The molecule has 160 valence electrons. The second-order valence-corrected chi connectivity index (χ2v) is 8.04. The molecule has 4 heteroatoms. The highest BCUT2D eigenvalue weighted by Gasteiger charge is 2.33. The van der Waals surface area contributed by atoms with Gasteiger partial charge in [0.1, 0.15) is 11.5 Å². The van der Waals surface area contributed by atoms with Gasteiger partial charge in [-0.15, -0.1) is 0 Å². The summed E-state index contributed by atoms with van der Waals surface area (Å²) < 4.78 is 12.2. The maximum absolute atomic E-state index is 6.59. The molecule has 0 amide bonds. The zero-order valence-electron chi connectivity index (χ0n) is 17.8. The molecule has 1 saturated heterocycles. The molecule has 0 aromatic heterocycles. The molecular weight excluding hydrogens is 406 g/mol. The quantitative estimate of drug-likeness (QED) is 0.631. The van der Waals surface area contributed by atoms with Crippen LogP contribution >= 0.6 is 0 Å². The molecule has 1 atom stereocenters. The fraction of sp³-hybridized carbons (Fsp3) is 0.259. The van der Waals surface area contributed by atoms with Crippen LogP contribution in [-0.4, -0.2) is 37.7 Å². The molecule has 2 aliphatic heterocycles. The van der Waals surface area contributed by atoms with Gasteiger partial charge in [0, 0.05) is 36.7 Å². The van der Waals surface area contributed by atoms with E-state index >= 15 is 0 Å². The summed E-state index contributed by atoms with van der Waals surface area (Å²) in [6.45, 7) is 6.57. The van der Waals surface area contributed by atoms with E-state index in [-0.39, 0.29) is 18.3 Å². The highest BCUT2D eigenvalue weighted by atomic mass is 35.5. The number of morpholine rings is 1. The van der Waals surface area contributed by atoms with Crippen molar-refractivity contribution < 1.29 is 21.9 Å². The number of nitrogens with zero attached hydrogens (tertiary/aromatic N) is 1. The van der Waals surface area contributed by atoms with E-state index in [0.717, 1.165) is 49.9 Å². The fourth-order valence-electron chi connectivity index (χ4n) is 4.57. The molecule has 2 heterocycles. The summed E-state index contributed by atoms with van der Waals surface area (Å²) >= 11 is 0. The first-order valence-corrected chi connectivity index (χ1v) is 10.7. The van der Waals surface area contributed by atoms with E-state index in [4.69, 9.17) is 9.47 Å². The van der Waals surface area contributed by atoms with Crippen LogP contribution in [0.15, 0.2) is 84.4 Å². The van der Waals surface area contributed by atoms with Crippen LogP contribution in [0, 0.1) is 6.92 Å². The molecule has 0 N–H and O–H groups in total. The molecule has 31 heavy (non-hydrogen) atoms. The first-order chi connectivity index (χ1) is 14.8. The molecule has 3 aromatic carbocycles. The average Bonchev–Trinajstić information content (AvgIpc) is 2.80. The van der Waals surface area contributed by atoms with E-state index < -0.39 is 0 Å². The number of para-hydroxylation sites is 1. The number of benzene rings is 3. The van der Waals surface area contributed by atoms with Crippen LogP contribution in [0.2, 0.25) is 0 Å². The van der Waals surface area contributed by atoms with Crippen molar-refractivity contribution in [1.82, 2.24) is 4.90 Å². The highest BCUT2D eigenvalue weighted by molar-refractivity contribution is 5.73. The number of aryl methyl sites for hydroxylation is 1. The Balaban J connectivity index is 0.00000231. The molecule has 1 fully saturated rings. The highest BCUT2D eigenvalue weighted by Crippen LogP contribution is 2.46. The lowest BCUT2D eigenvalue weighted by Crippen LogP contribution is -3.00. The third kappa shape index (κ3) is 4.40. The zero-order valence-corrected chi connectivity index (χ0v) is 18.5. The van der Waals surface area contributed by atoms with Gasteiger partial charge in [0.2, 0.25) is 0 Å². The van der Waals surface area contributed by atoms with Crippen molar-refractivity contribution >= 4 is 5.76 Å². The van der Waals surface area contributed by atoms with Gasteiger partial charge in [-0.2, -0.15) is 0 Å². The van der Waals surface area contributed by atoms with Crippen LogP contribution in [-0.2, 0) is 4.74 Å². The molecule has 0 aliphatic carbocycles. The summed E-state index contributed by atoms with van der Waals surface area (Å²) in [7, 11) is 0. The molecule has 5 rings (SSSR count). The van der Waals surface area contributed by atoms with Crippen molar-refractivity contribution in [1.29, 1.82) is 0 Å². The summed E-state index contributed by atoms with van der Waals surface area (Å²) in [5.41, 5.74) is 6.37. The lowest BCUT2D eigenvalue weighted by Gasteiger charge is -2.36. The monoisotopic (exact) mass is 432 g/mol. The van der Waals surface area contributed by atoms with Gasteiger partial charge in [-0.25, -0.2) is 0 Å². The lowest BCUT2D eigenvalue weighted by molar-refractivity contribution is -0.00000786. The van der Waals surface area contributed by atoms with E-state index in [9.17, 15) is 0 Å². The molecule has 3 aromatic rings. The van der Waals surface area contributed by atoms with E-state index in [1.165, 1.54) is 22.3 Å². The Kier molecular flexibility index (Phi) is 6.77. The maximum Gasteiger partial charge on any atom is 0.136 e. The Morgan fingerprint density at radius 1 is 0.806 bits per heavy atom. The smallest absolute Gasteiger partial charge is 0.136 e. The van der Waals surface area contributed by atoms with Gasteiger partial charge < -0.3 is 21.9 Å². The van der Waals surface area contributed by atoms with E-state index in [1.807, 2.05) is 0 Å². The molecule has 3 nitrogen and oxygen atoms in total. The van der Waals surface area contributed by atoms with Crippen molar-refractivity contribution in [2.45, 2.75) is 12.8 Å². The predicted octanol–water partition coefficient (Wildman–Crippen LogP) is 2.27. The number of fused-ring (bicyclic) bond motifs is 1. The van der Waals surface area contributed by atoms with Gasteiger partial charge in [0.25, 0.3) is 0 Å². The van der Waals surface area contributed by atoms with E-state index in [0.29, 0.717) is 0 Å². The number of hydrogen-bond acceptors (Lipinski definition) is 3. The molecule has 1 unspecified atom stereocenters. The number of rotatable bonds is 4. The van der Waals surface area contributed by atoms with Crippen LogP contribution < -0.4 is 17.1 Å². The van der Waals surface area contributed by atoms with Crippen LogP contribution in [0.25, 0.3) is 5.76 Å². The van der Waals surface area contributed by atoms with Gasteiger partial charge in [-0.05, 0) is 29.7 Å². The third-order valence-corrected chi connectivity index (χ3v) is 6.12. The first-order valence-electron chi connectivity index (χ1n) is 10.7. The number of hydrogen-bond donors (Lipinski definition) is 0. The molecule has 0 saturated carbocycles. The first kappa shape index (κ1) is 21.6. The van der Waals surface area contributed by atoms with Gasteiger partial charge in [-0.3, -0.25) is 4.90 Å². The summed E-state index contributed by atoms with van der Waals surface area (Å²) in [5, 5.41) is 0. The molecule has 0 spiro atoms. The molecule has 0 bridgehead atoms. The summed E-state index contributed by atoms with van der Waals surface area (Å²) in [6, 6.07) is 27.8. The normalized spacial score (nSPS) is 18.7. The summed E-state index contributed by atoms with van der Waals surface area (Å²) in [4.78, 5) is 2.49. The Bertz CT molecular complexity index is 1060. The average molecular weight is 433 g/mol. The minimum absolute atomic E-state index is 0. The van der Waals surface area contributed by atoms with E-state index in [2.05, 4.69) is 90.7 Å². The zero-order chi connectivity index (χ0) is 20.3. The maximum atomic E-state index is 6.59. The van der Waals surface area contributed by atoms with Crippen LogP contribution in [0.1, 0.15) is 28.2 Å². The molecular formula is C27H27ClNO2-. The molecule has 2 aliphatic rings. The largest absolute Gasteiger partial charge is 1.00 e. The number of ether oxygens (including phenoxy) is 2. The SMILES string of the molecule is Cc1ccccc1C1C(CN2CCOCC2)=C(c2ccccc2)Oc2ccccc21.[Cl-]. The van der Waals surface area contributed by atoms with E-state index in [1.54, 1.807) is 0 Å². The minimum Gasteiger partial charge on any atom is -1.00 e. The lowest BCUT2D eigenvalue weighted by atomic mass is 9.79. The number of halogens is 1. The van der Waals surface area contributed by atoms with Crippen LogP contribution in [0.3, 0.4) is 0 Å².